The van der Waals surface area contributed by atoms with E-state index in [1.165, 1.54) is 12.3 Å². The normalized spacial score (nSPS) is 10.7. The van der Waals surface area contributed by atoms with Crippen LogP contribution in [0.5, 0.6) is 0 Å². The molecule has 0 bridgehead atoms. The van der Waals surface area contributed by atoms with Crippen LogP contribution in [0.15, 0.2) is 47.3 Å². The van der Waals surface area contributed by atoms with Crippen molar-refractivity contribution in [3.05, 3.63) is 48.5 Å². The number of fused-ring (bicyclic) bond motifs is 1. The molecule has 18 heavy (non-hydrogen) atoms. The number of carboxylic acids is 1. The van der Waals surface area contributed by atoms with E-state index in [0.717, 1.165) is 22.0 Å². The Bertz CT molecular complexity index is 734. The molecule has 0 saturated heterocycles. The molecular weight excluding hydrogens is 232 g/mol. The highest BCUT2D eigenvalue weighted by molar-refractivity contribution is 5.88. The van der Waals surface area contributed by atoms with Crippen molar-refractivity contribution in [1.29, 1.82) is 0 Å². The number of aromatic carboxylic acids is 1. The van der Waals surface area contributed by atoms with Crippen LogP contribution in [-0.4, -0.2) is 21.2 Å². The Kier molecular flexibility index (Phi) is 2.30. The van der Waals surface area contributed by atoms with Crippen molar-refractivity contribution in [3.63, 3.8) is 0 Å². The van der Waals surface area contributed by atoms with E-state index < -0.39 is 5.97 Å². The Morgan fingerprint density at radius 3 is 2.83 bits per heavy atom. The maximum atomic E-state index is 10.9. The van der Waals surface area contributed by atoms with Crippen LogP contribution in [0.4, 0.5) is 0 Å². The van der Waals surface area contributed by atoms with E-state index in [1.54, 1.807) is 12.3 Å². The van der Waals surface area contributed by atoms with Crippen LogP contribution in [0.2, 0.25) is 0 Å². The molecule has 0 aliphatic rings. The second-order valence-electron chi connectivity index (χ2n) is 3.82. The van der Waals surface area contributed by atoms with Crippen LogP contribution < -0.4 is 0 Å². The standard InChI is InChI=1S/C13H8N2O3/c16-13(17)12-6-9(3-4-14-12)8-1-2-11-10(5-8)7-18-15-11/h1-7H,(H,16,17). The molecule has 88 valence electrons. The van der Waals surface area contributed by atoms with Crippen LogP contribution in [0.3, 0.4) is 0 Å². The van der Waals surface area contributed by atoms with Gasteiger partial charge in [-0.2, -0.15) is 0 Å². The van der Waals surface area contributed by atoms with Gasteiger partial charge in [0.1, 0.15) is 17.5 Å². The summed E-state index contributed by atoms with van der Waals surface area (Å²) in [5.41, 5.74) is 2.49. The van der Waals surface area contributed by atoms with Crippen LogP contribution >= 0.6 is 0 Å². The monoisotopic (exact) mass is 240 g/mol. The van der Waals surface area contributed by atoms with E-state index in [1.807, 2.05) is 18.2 Å². The lowest BCUT2D eigenvalue weighted by atomic mass is 10.0. The molecule has 3 aromatic rings. The van der Waals surface area contributed by atoms with Crippen LogP contribution in [-0.2, 0) is 0 Å². The Labute approximate surface area is 102 Å². The zero-order valence-electron chi connectivity index (χ0n) is 9.20. The van der Waals surface area contributed by atoms with Crippen LogP contribution in [0, 0.1) is 0 Å². The van der Waals surface area contributed by atoms with Gasteiger partial charge in [-0.15, -0.1) is 0 Å². The molecular formula is C13H8N2O3. The molecule has 0 aliphatic carbocycles. The number of hydrogen-bond acceptors (Lipinski definition) is 4. The fourth-order valence-electron chi connectivity index (χ4n) is 1.78. The average Bonchev–Trinajstić information content (AvgIpc) is 2.86. The number of carbonyl (C=O) groups is 1. The van der Waals surface area contributed by atoms with Crippen molar-refractivity contribution in [1.82, 2.24) is 10.1 Å². The molecule has 5 heteroatoms. The molecule has 2 heterocycles. The average molecular weight is 240 g/mol. The molecule has 0 aliphatic heterocycles. The summed E-state index contributed by atoms with van der Waals surface area (Å²) in [4.78, 5) is 14.7. The molecule has 1 N–H and O–H groups in total. The van der Waals surface area contributed by atoms with Crippen LogP contribution in [0.25, 0.3) is 22.0 Å². The molecule has 0 unspecified atom stereocenters. The number of rotatable bonds is 2. The third-order valence-electron chi connectivity index (χ3n) is 2.67. The fraction of sp³-hybridized carbons (Fsp3) is 0. The summed E-state index contributed by atoms with van der Waals surface area (Å²) in [7, 11) is 0. The predicted octanol–water partition coefficient (Wildman–Crippen LogP) is 2.59. The second-order valence-corrected chi connectivity index (χ2v) is 3.82. The van der Waals surface area contributed by atoms with Gasteiger partial charge in [-0.3, -0.25) is 0 Å². The van der Waals surface area contributed by atoms with Gasteiger partial charge in [0.15, 0.2) is 0 Å². The first-order valence-corrected chi connectivity index (χ1v) is 5.28. The highest BCUT2D eigenvalue weighted by Gasteiger charge is 2.07. The lowest BCUT2D eigenvalue weighted by Crippen LogP contribution is -1.99. The minimum Gasteiger partial charge on any atom is -0.477 e. The number of pyridine rings is 1. The fourth-order valence-corrected chi connectivity index (χ4v) is 1.78. The molecule has 0 atom stereocenters. The summed E-state index contributed by atoms with van der Waals surface area (Å²) in [6.07, 6.45) is 3.04. The van der Waals surface area contributed by atoms with Crippen molar-refractivity contribution < 1.29 is 14.4 Å². The van der Waals surface area contributed by atoms with Gasteiger partial charge in [0.25, 0.3) is 0 Å². The number of benzene rings is 1. The Morgan fingerprint density at radius 1 is 1.17 bits per heavy atom. The van der Waals surface area contributed by atoms with Crippen LogP contribution in [0.1, 0.15) is 10.5 Å². The number of nitrogens with zero attached hydrogens (tertiary/aromatic N) is 2. The molecule has 0 saturated carbocycles. The van der Waals surface area contributed by atoms with E-state index in [0.29, 0.717) is 0 Å². The zero-order chi connectivity index (χ0) is 12.5. The van der Waals surface area contributed by atoms with E-state index in [4.69, 9.17) is 9.63 Å². The van der Waals surface area contributed by atoms with Gasteiger partial charge < -0.3 is 9.63 Å². The largest absolute Gasteiger partial charge is 0.477 e. The zero-order valence-corrected chi connectivity index (χ0v) is 9.20. The first-order chi connectivity index (χ1) is 8.74. The predicted molar refractivity (Wildman–Crippen MR) is 64.2 cm³/mol. The van der Waals surface area contributed by atoms with E-state index >= 15 is 0 Å². The molecule has 0 fully saturated rings. The summed E-state index contributed by atoms with van der Waals surface area (Å²) < 4.78 is 4.86. The third-order valence-corrected chi connectivity index (χ3v) is 2.67. The maximum Gasteiger partial charge on any atom is 0.354 e. The van der Waals surface area contributed by atoms with Crippen molar-refractivity contribution in [2.24, 2.45) is 0 Å². The molecule has 3 rings (SSSR count). The molecule has 0 radical (unpaired) electrons. The van der Waals surface area contributed by atoms with E-state index in [2.05, 4.69) is 10.1 Å². The molecule has 5 nitrogen and oxygen atoms in total. The smallest absolute Gasteiger partial charge is 0.354 e. The Morgan fingerprint density at radius 2 is 2.00 bits per heavy atom. The quantitative estimate of drug-likeness (QED) is 0.745. The highest BCUT2D eigenvalue weighted by Crippen LogP contribution is 2.24. The highest BCUT2D eigenvalue weighted by atomic mass is 16.5. The third kappa shape index (κ3) is 1.71. The topological polar surface area (TPSA) is 76.2 Å². The van der Waals surface area contributed by atoms with Gasteiger partial charge in [0, 0.05) is 11.6 Å². The number of carboxylic acid groups (broad SMARTS) is 1. The second kappa shape index (κ2) is 3.96. The number of hydrogen-bond donors (Lipinski definition) is 1. The molecule has 0 amide bonds. The van der Waals surface area contributed by atoms with Gasteiger partial charge >= 0.3 is 5.97 Å². The summed E-state index contributed by atoms with van der Waals surface area (Å²) in [6.45, 7) is 0. The Hall–Kier alpha value is -2.69. The maximum absolute atomic E-state index is 10.9. The lowest BCUT2D eigenvalue weighted by Gasteiger charge is -2.02. The summed E-state index contributed by atoms with van der Waals surface area (Å²) in [5.74, 6) is -1.04. The SMILES string of the molecule is O=C(O)c1cc(-c2ccc3nocc3c2)ccn1. The first kappa shape index (κ1) is 10.5. The van der Waals surface area contributed by atoms with Gasteiger partial charge in [-0.25, -0.2) is 9.78 Å². The summed E-state index contributed by atoms with van der Waals surface area (Å²) in [6, 6.07) is 8.89. The Balaban J connectivity index is 2.13. The van der Waals surface area contributed by atoms with E-state index in [9.17, 15) is 4.79 Å². The summed E-state index contributed by atoms with van der Waals surface area (Å²) >= 11 is 0. The van der Waals surface area contributed by atoms with Crippen molar-refractivity contribution in [2.45, 2.75) is 0 Å². The molecule has 0 spiro atoms. The number of aromatic nitrogens is 2. The lowest BCUT2D eigenvalue weighted by molar-refractivity contribution is 0.0690. The van der Waals surface area contributed by atoms with Gasteiger partial charge in [-0.05, 0) is 35.4 Å². The minimum absolute atomic E-state index is 0.0258. The van der Waals surface area contributed by atoms with Crippen molar-refractivity contribution in [2.75, 3.05) is 0 Å². The minimum atomic E-state index is -1.04. The molecule has 2 aromatic heterocycles. The van der Waals surface area contributed by atoms with Gasteiger partial charge in [0.2, 0.25) is 0 Å². The van der Waals surface area contributed by atoms with Gasteiger partial charge in [0.05, 0.1) is 0 Å². The first-order valence-electron chi connectivity index (χ1n) is 5.28. The van der Waals surface area contributed by atoms with Crippen molar-refractivity contribution in [3.8, 4) is 11.1 Å². The van der Waals surface area contributed by atoms with E-state index in [-0.39, 0.29) is 5.69 Å². The van der Waals surface area contributed by atoms with Gasteiger partial charge in [-0.1, -0.05) is 11.2 Å². The molecule has 1 aromatic carbocycles. The summed E-state index contributed by atoms with van der Waals surface area (Å²) in [5, 5.41) is 13.6. The van der Waals surface area contributed by atoms with Crippen molar-refractivity contribution >= 4 is 16.9 Å².